The largest absolute Gasteiger partial charge is 0.299 e. The van der Waals surface area contributed by atoms with Crippen LogP contribution in [0.3, 0.4) is 0 Å². The summed E-state index contributed by atoms with van der Waals surface area (Å²) in [5.41, 5.74) is 7.37. The summed E-state index contributed by atoms with van der Waals surface area (Å²) in [6.45, 7) is 3.79. The number of amides is 1. The Morgan fingerprint density at radius 2 is 1.80 bits per heavy atom. The number of anilines is 2. The fourth-order valence-corrected chi connectivity index (χ4v) is 2.68. The first-order valence-electron chi connectivity index (χ1n) is 7.28. The molecule has 2 aromatic carbocycles. The lowest BCUT2D eigenvalue weighted by molar-refractivity contribution is -0.112. The predicted molar refractivity (Wildman–Crippen MR) is 95.6 cm³/mol. The molecule has 3 rings (SSSR count). The van der Waals surface area contributed by atoms with Gasteiger partial charge in [-0.25, -0.2) is 5.01 Å². The van der Waals surface area contributed by atoms with E-state index in [4.69, 9.17) is 0 Å². The number of carbonyl (C=O) groups excluding carboxylic acids is 1. The molecule has 25 heavy (non-hydrogen) atoms. The molecule has 0 bridgehead atoms. The maximum atomic E-state index is 12.5. The van der Waals surface area contributed by atoms with E-state index in [1.807, 2.05) is 18.2 Å². The standard InChI is InChI=1S/C17H14F2N4OS/c1-11-15(16(24)23(22-11)13-5-3-2-4-6-13)21-20-12-7-9-14(10-8-12)25-17(18)19/h2-10,17,20,22H,1H2/b21-15+. The number of para-hydroxylation sites is 1. The summed E-state index contributed by atoms with van der Waals surface area (Å²) in [4.78, 5) is 12.9. The van der Waals surface area contributed by atoms with Gasteiger partial charge in [0.1, 0.15) is 0 Å². The second-order valence-electron chi connectivity index (χ2n) is 5.04. The van der Waals surface area contributed by atoms with Crippen LogP contribution in [0.15, 0.2) is 76.9 Å². The normalized spacial score (nSPS) is 15.8. The molecule has 1 aliphatic rings. The molecule has 1 aliphatic heterocycles. The lowest BCUT2D eigenvalue weighted by Gasteiger charge is -2.14. The van der Waals surface area contributed by atoms with Crippen LogP contribution in [0.4, 0.5) is 20.2 Å². The van der Waals surface area contributed by atoms with E-state index in [0.29, 0.717) is 33.7 Å². The van der Waals surface area contributed by atoms with E-state index in [0.717, 1.165) is 0 Å². The van der Waals surface area contributed by atoms with Gasteiger partial charge in [-0.1, -0.05) is 36.5 Å². The van der Waals surface area contributed by atoms with Crippen LogP contribution in [0.5, 0.6) is 0 Å². The Labute approximate surface area is 147 Å². The van der Waals surface area contributed by atoms with Crippen molar-refractivity contribution in [3.05, 3.63) is 66.9 Å². The zero-order valence-electron chi connectivity index (χ0n) is 12.9. The molecule has 0 aromatic heterocycles. The minimum Gasteiger partial charge on any atom is -0.289 e. The van der Waals surface area contributed by atoms with E-state index in [1.165, 1.54) is 5.01 Å². The molecule has 0 aliphatic carbocycles. The van der Waals surface area contributed by atoms with Crippen molar-refractivity contribution in [1.29, 1.82) is 0 Å². The molecule has 1 heterocycles. The zero-order chi connectivity index (χ0) is 17.8. The number of alkyl halides is 2. The van der Waals surface area contributed by atoms with Crippen molar-refractivity contribution in [1.82, 2.24) is 5.43 Å². The number of hydrogen-bond acceptors (Lipinski definition) is 5. The van der Waals surface area contributed by atoms with Gasteiger partial charge in [0.25, 0.3) is 11.7 Å². The highest BCUT2D eigenvalue weighted by molar-refractivity contribution is 7.99. The third-order valence-electron chi connectivity index (χ3n) is 3.33. The van der Waals surface area contributed by atoms with E-state index in [2.05, 4.69) is 22.5 Å². The number of benzene rings is 2. The van der Waals surface area contributed by atoms with E-state index in [9.17, 15) is 13.6 Å². The minimum absolute atomic E-state index is 0.148. The third-order valence-corrected chi connectivity index (χ3v) is 4.05. The van der Waals surface area contributed by atoms with Crippen molar-refractivity contribution >= 4 is 34.8 Å². The Bertz CT molecular complexity index is 809. The summed E-state index contributed by atoms with van der Waals surface area (Å²) in [6, 6.07) is 15.4. The minimum atomic E-state index is -2.46. The summed E-state index contributed by atoms with van der Waals surface area (Å²) in [5, 5.41) is 5.43. The van der Waals surface area contributed by atoms with Crippen LogP contribution in [0.1, 0.15) is 0 Å². The molecule has 1 fully saturated rings. The monoisotopic (exact) mass is 360 g/mol. The van der Waals surface area contributed by atoms with Crippen molar-refractivity contribution in [3.63, 3.8) is 0 Å². The van der Waals surface area contributed by atoms with Crippen molar-refractivity contribution < 1.29 is 13.6 Å². The number of rotatable bonds is 5. The first kappa shape index (κ1) is 17.0. The predicted octanol–water partition coefficient (Wildman–Crippen LogP) is 3.83. The molecule has 1 saturated heterocycles. The molecule has 128 valence electrons. The number of nitrogens with zero attached hydrogens (tertiary/aromatic N) is 2. The average Bonchev–Trinajstić information content (AvgIpc) is 2.89. The van der Waals surface area contributed by atoms with E-state index < -0.39 is 5.76 Å². The summed E-state index contributed by atoms with van der Waals surface area (Å²) < 4.78 is 24.6. The molecule has 5 nitrogen and oxygen atoms in total. The summed E-state index contributed by atoms with van der Waals surface area (Å²) >= 11 is 0.467. The van der Waals surface area contributed by atoms with E-state index in [1.54, 1.807) is 36.4 Å². The van der Waals surface area contributed by atoms with Gasteiger partial charge in [-0.2, -0.15) is 13.9 Å². The quantitative estimate of drug-likeness (QED) is 0.628. The molecular weight excluding hydrogens is 346 g/mol. The highest BCUT2D eigenvalue weighted by atomic mass is 32.2. The molecule has 0 saturated carbocycles. The lowest BCUT2D eigenvalue weighted by Crippen LogP contribution is -2.34. The first-order chi connectivity index (χ1) is 12.0. The second-order valence-corrected chi connectivity index (χ2v) is 6.11. The first-order valence-corrected chi connectivity index (χ1v) is 8.16. The van der Waals surface area contributed by atoms with E-state index in [-0.39, 0.29) is 11.6 Å². The molecule has 0 atom stereocenters. The van der Waals surface area contributed by atoms with E-state index >= 15 is 0 Å². The van der Waals surface area contributed by atoms with Crippen LogP contribution < -0.4 is 15.9 Å². The molecule has 8 heteroatoms. The van der Waals surface area contributed by atoms with Crippen LogP contribution in [0, 0.1) is 0 Å². The Morgan fingerprint density at radius 1 is 1.12 bits per heavy atom. The van der Waals surface area contributed by atoms with Gasteiger partial charge in [0, 0.05) is 4.90 Å². The van der Waals surface area contributed by atoms with Crippen molar-refractivity contribution in [2.24, 2.45) is 5.10 Å². The van der Waals surface area contributed by atoms with Gasteiger partial charge in [0.05, 0.1) is 17.1 Å². The Hall–Kier alpha value is -2.87. The zero-order valence-corrected chi connectivity index (χ0v) is 13.8. The van der Waals surface area contributed by atoms with Crippen LogP contribution in [0.25, 0.3) is 0 Å². The Kier molecular flexibility index (Phi) is 4.99. The van der Waals surface area contributed by atoms with Crippen LogP contribution in [0.2, 0.25) is 0 Å². The number of halogens is 2. The fraction of sp³-hybridized carbons (Fsp3) is 0.0588. The number of thioether (sulfide) groups is 1. The highest BCUT2D eigenvalue weighted by Crippen LogP contribution is 2.26. The lowest BCUT2D eigenvalue weighted by atomic mass is 10.3. The number of hydrazone groups is 1. The number of hydrogen-bond donors (Lipinski definition) is 2. The van der Waals surface area contributed by atoms with Crippen LogP contribution in [-0.2, 0) is 4.79 Å². The highest BCUT2D eigenvalue weighted by Gasteiger charge is 2.32. The van der Waals surface area contributed by atoms with Gasteiger partial charge in [-0.05, 0) is 36.4 Å². The van der Waals surface area contributed by atoms with Gasteiger partial charge >= 0.3 is 0 Å². The van der Waals surface area contributed by atoms with Gasteiger partial charge in [-0.15, -0.1) is 0 Å². The van der Waals surface area contributed by atoms with Crippen molar-refractivity contribution in [2.45, 2.75) is 10.7 Å². The average molecular weight is 360 g/mol. The maximum Gasteiger partial charge on any atom is 0.299 e. The Balaban J connectivity index is 1.71. The molecule has 0 spiro atoms. The maximum absolute atomic E-state index is 12.5. The number of hydrazine groups is 1. The third kappa shape index (κ3) is 3.97. The van der Waals surface area contributed by atoms with Crippen LogP contribution in [-0.4, -0.2) is 17.4 Å². The summed E-state index contributed by atoms with van der Waals surface area (Å²) in [6.07, 6.45) is 0. The van der Waals surface area contributed by atoms with Gasteiger partial charge in [0.15, 0.2) is 5.71 Å². The van der Waals surface area contributed by atoms with Crippen molar-refractivity contribution in [3.8, 4) is 0 Å². The Morgan fingerprint density at radius 3 is 2.44 bits per heavy atom. The second kappa shape index (κ2) is 7.35. The molecule has 1 amide bonds. The number of nitrogens with one attached hydrogen (secondary N) is 2. The van der Waals surface area contributed by atoms with Gasteiger partial charge < -0.3 is 0 Å². The summed E-state index contributed by atoms with van der Waals surface area (Å²) in [5.74, 6) is -2.80. The van der Waals surface area contributed by atoms with Gasteiger partial charge in [-0.3, -0.25) is 15.6 Å². The van der Waals surface area contributed by atoms with Gasteiger partial charge in [0.2, 0.25) is 0 Å². The summed E-state index contributed by atoms with van der Waals surface area (Å²) in [7, 11) is 0. The smallest absolute Gasteiger partial charge is 0.289 e. The molecular formula is C17H14F2N4OS. The molecule has 0 radical (unpaired) electrons. The topological polar surface area (TPSA) is 56.7 Å². The molecule has 2 aromatic rings. The SMILES string of the molecule is C=C1NN(c2ccccc2)C(=O)/C1=N/Nc1ccc(SC(F)F)cc1. The number of carbonyl (C=O) groups is 1. The fourth-order valence-electron chi connectivity index (χ4n) is 2.18. The van der Waals surface area contributed by atoms with Crippen LogP contribution >= 0.6 is 11.8 Å². The molecule has 2 N–H and O–H groups in total. The molecule has 0 unspecified atom stereocenters. The van der Waals surface area contributed by atoms with Crippen molar-refractivity contribution in [2.75, 3.05) is 10.4 Å².